The average molecular weight is 1350 g/mol. The van der Waals surface area contributed by atoms with E-state index in [1.807, 2.05) is 0 Å². The van der Waals surface area contributed by atoms with Crippen molar-refractivity contribution in [2.24, 2.45) is 0 Å². The lowest BCUT2D eigenvalue weighted by Crippen LogP contribution is -2.14. The van der Waals surface area contributed by atoms with Crippen molar-refractivity contribution in [3.8, 4) is 51.1 Å². The average Bonchev–Trinajstić information content (AvgIpc) is 1.49. The quantitative estimate of drug-likeness (QED) is 0.121. The number of aromatic nitrogens is 4. The van der Waals surface area contributed by atoms with E-state index in [-0.39, 0.29) is 0 Å². The summed E-state index contributed by atoms with van der Waals surface area (Å²) in [7, 11) is 0. The normalized spacial score (nSPS) is 12.2. The second-order valence-electron chi connectivity index (χ2n) is 27.5. The molecule has 6 aromatic heterocycles. The lowest BCUT2D eigenvalue weighted by atomic mass is 9.93. The van der Waals surface area contributed by atoms with Crippen molar-refractivity contribution in [3.05, 3.63) is 332 Å². The van der Waals surface area contributed by atoms with Gasteiger partial charge in [0.1, 0.15) is 11.6 Å². The van der Waals surface area contributed by atoms with E-state index in [2.05, 4.69) is 340 Å². The monoisotopic (exact) mass is 1350 g/mol. The number of para-hydroxylation sites is 4. The predicted octanol–water partition coefficient (Wildman–Crippen LogP) is 27.2. The summed E-state index contributed by atoms with van der Waals surface area (Å²) in [5.41, 5.74) is 14.9. The molecule has 0 fully saturated rings. The van der Waals surface area contributed by atoms with Crippen molar-refractivity contribution in [1.82, 2.24) is 18.3 Å². The van der Waals surface area contributed by atoms with E-state index in [1.165, 1.54) is 32.3 Å². The highest BCUT2D eigenvalue weighted by atomic mass is 32.1. The maximum absolute atomic E-state index is 13.7. The van der Waals surface area contributed by atoms with Crippen LogP contribution in [-0.2, 0) is 0 Å². The largest absolute Gasteiger partial charge is 0.317 e. The molecule has 0 saturated carbocycles. The molecule has 8 heteroatoms. The Morgan fingerprint density at radius 2 is 0.615 bits per heavy atom. The molecule has 0 radical (unpaired) electrons. The number of benzene rings is 17. The van der Waals surface area contributed by atoms with Crippen LogP contribution in [0.15, 0.2) is 315 Å². The van der Waals surface area contributed by atoms with Gasteiger partial charge in [0.05, 0.1) is 82.9 Å². The van der Waals surface area contributed by atoms with E-state index in [0.717, 1.165) is 161 Å². The minimum absolute atomic E-state index is 0.385. The number of rotatable bonds is 6. The first-order valence-electron chi connectivity index (χ1n) is 35.1. The molecule has 0 aliphatic heterocycles. The first-order chi connectivity index (χ1) is 51.6. The van der Waals surface area contributed by atoms with Gasteiger partial charge in [0.2, 0.25) is 5.69 Å². The van der Waals surface area contributed by atoms with Crippen molar-refractivity contribution in [2.45, 2.75) is 0 Å². The van der Waals surface area contributed by atoms with Crippen LogP contribution in [0.3, 0.4) is 0 Å². The number of fused-ring (bicyclic) bond motifs is 26. The molecule has 0 unspecified atom stereocenters. The highest BCUT2D eigenvalue weighted by molar-refractivity contribution is 7.27. The summed E-state index contributed by atoms with van der Waals surface area (Å²) < 4.78 is 14.0. The van der Waals surface area contributed by atoms with Crippen molar-refractivity contribution >= 4 is 199 Å². The molecule has 478 valence electrons. The van der Waals surface area contributed by atoms with Crippen LogP contribution in [-0.4, -0.2) is 18.3 Å². The maximum atomic E-state index is 13.7. The summed E-state index contributed by atoms with van der Waals surface area (Å²) >= 11 is 3.57. The molecule has 23 aromatic rings. The first-order valence-corrected chi connectivity index (χ1v) is 36.8. The Morgan fingerprint density at radius 1 is 0.279 bits per heavy atom. The number of nitriles is 1. The zero-order valence-corrected chi connectivity index (χ0v) is 57.2. The predicted molar refractivity (Wildman–Crippen MR) is 441 cm³/mol. The van der Waals surface area contributed by atoms with Crippen molar-refractivity contribution < 1.29 is 0 Å². The fourth-order valence-electron chi connectivity index (χ4n) is 18.0. The maximum Gasteiger partial charge on any atom is 0.238 e. The molecule has 0 saturated heterocycles. The summed E-state index contributed by atoms with van der Waals surface area (Å²) in [6.07, 6.45) is 0. The Labute approximate surface area is 601 Å². The van der Waals surface area contributed by atoms with Gasteiger partial charge in [-0.3, -0.25) is 0 Å². The second-order valence-corrected chi connectivity index (χ2v) is 29.6. The van der Waals surface area contributed by atoms with Gasteiger partial charge in [-0.25, -0.2) is 4.85 Å². The molecular weight excluding hydrogens is 1300 g/mol. The molecule has 0 aliphatic carbocycles. The minimum atomic E-state index is 0.385. The Balaban J connectivity index is 0.989. The molecule has 23 rings (SSSR count). The number of hydrogen-bond donors (Lipinski definition) is 0. The second kappa shape index (κ2) is 21.5. The highest BCUT2D eigenvalue weighted by Crippen LogP contribution is 2.55. The van der Waals surface area contributed by atoms with Crippen LogP contribution in [0.5, 0.6) is 0 Å². The lowest BCUT2D eigenvalue weighted by Gasteiger charge is -2.27. The van der Waals surface area contributed by atoms with E-state index in [9.17, 15) is 11.8 Å². The van der Waals surface area contributed by atoms with E-state index >= 15 is 0 Å². The molecule has 6 heterocycles. The number of thiophene rings is 2. The summed E-state index contributed by atoms with van der Waals surface area (Å²) in [6.45, 7) is 10.7. The van der Waals surface area contributed by atoms with Gasteiger partial charge >= 0.3 is 0 Å². The van der Waals surface area contributed by atoms with Gasteiger partial charge in [0, 0.05) is 74.0 Å². The fourth-order valence-corrected chi connectivity index (χ4v) is 20.5. The molecule has 6 nitrogen and oxygen atoms in total. The topological polar surface area (TPSA) is 47.9 Å². The van der Waals surface area contributed by atoms with Crippen LogP contribution in [0.2, 0.25) is 0 Å². The Hall–Kier alpha value is -13.6. The van der Waals surface area contributed by atoms with Gasteiger partial charge in [-0.1, -0.05) is 267 Å². The number of hydrogen-bond acceptors (Lipinski definition) is 3. The number of nitrogens with zero attached hydrogens (tertiary/aromatic N) is 6. The van der Waals surface area contributed by atoms with Gasteiger partial charge in [0.15, 0.2) is 0 Å². The minimum Gasteiger partial charge on any atom is -0.317 e. The standard InChI is InChI=1S/C96H52N6S2/c1-98-88-93(100-80-36-14-8-28-67(80)68-29-9-15-37-81(68)100)90(101-82-52-59(63-32-18-22-57-42-40-55-20-2-4-24-61(55)86(57)63)44-46-69(82)73-48-50-75-71-30-10-16-38-84(71)103-95(75)91(73)101)77(54-97)89(99-78-34-12-6-26-65(78)66-27-7-13-35-79(66)99)94(88)102-83-53-60(64-33-19-23-58-43-41-56-21-3-5-25-62(56)87(58)64)45-47-70(83)74-49-51-76-72-31-11-17-39-85(72)104-96(76)92(74)102/h2-53H. The van der Waals surface area contributed by atoms with E-state index in [4.69, 9.17) is 4.85 Å². The van der Waals surface area contributed by atoms with Gasteiger partial charge in [0.25, 0.3) is 0 Å². The molecule has 17 aromatic carbocycles. The molecule has 0 spiro atoms. The molecular formula is C96H52N6S2. The van der Waals surface area contributed by atoms with Crippen LogP contribution in [0, 0.1) is 17.9 Å². The first kappa shape index (κ1) is 57.2. The molecule has 0 N–H and O–H groups in total. The van der Waals surface area contributed by atoms with Crippen LogP contribution in [0.4, 0.5) is 5.69 Å². The molecule has 104 heavy (non-hydrogen) atoms. The zero-order valence-electron chi connectivity index (χ0n) is 55.5. The molecule has 0 aliphatic rings. The summed E-state index contributed by atoms with van der Waals surface area (Å²) in [4.78, 5) is 5.23. The lowest BCUT2D eigenvalue weighted by molar-refractivity contribution is 1.04. The molecule has 0 amide bonds. The van der Waals surface area contributed by atoms with Gasteiger partial charge in [-0.15, -0.1) is 22.7 Å². The van der Waals surface area contributed by atoms with Gasteiger partial charge < -0.3 is 18.3 Å². The Bertz CT molecular complexity index is 7330. The van der Waals surface area contributed by atoms with Crippen molar-refractivity contribution in [3.63, 3.8) is 0 Å². The van der Waals surface area contributed by atoms with Crippen LogP contribution in [0.1, 0.15) is 5.56 Å². The van der Waals surface area contributed by atoms with Crippen LogP contribution < -0.4 is 0 Å². The van der Waals surface area contributed by atoms with Crippen LogP contribution >= 0.6 is 22.7 Å². The van der Waals surface area contributed by atoms with E-state index in [1.54, 1.807) is 22.7 Å². The third-order valence-corrected chi connectivity index (χ3v) is 24.7. The smallest absolute Gasteiger partial charge is 0.238 e. The van der Waals surface area contributed by atoms with E-state index in [0.29, 0.717) is 34.0 Å². The van der Waals surface area contributed by atoms with Crippen molar-refractivity contribution in [1.29, 1.82) is 5.26 Å². The fraction of sp³-hybridized carbons (Fsp3) is 0. The summed E-state index contributed by atoms with van der Waals surface area (Å²) in [5.74, 6) is 0. The van der Waals surface area contributed by atoms with Crippen LogP contribution in [0.25, 0.3) is 221 Å². The Kier molecular flexibility index (Phi) is 11.8. The third kappa shape index (κ3) is 7.69. The highest BCUT2D eigenvalue weighted by Gasteiger charge is 2.36. The SMILES string of the molecule is [C-]#[N+]c1c(-n2c3ccccc3c3ccccc32)c(-n2c3cc(-c4cccc5ccc6ccccc6c45)ccc3c3ccc4c5ccccc5sc4c32)c(C#N)c(-n2c3ccccc3c3ccccc32)c1-n1c2cc(-c3cccc4ccc5ccccc5c34)ccc2c2ccc3c4ccccc4sc3c21. The van der Waals surface area contributed by atoms with E-state index < -0.39 is 0 Å². The molecule has 0 atom stereocenters. The Morgan fingerprint density at radius 3 is 1.07 bits per heavy atom. The molecule has 0 bridgehead atoms. The third-order valence-electron chi connectivity index (χ3n) is 22.4. The zero-order chi connectivity index (χ0) is 68.2. The van der Waals surface area contributed by atoms with Gasteiger partial charge in [-0.2, -0.15) is 5.26 Å². The summed E-state index contributed by atoms with van der Waals surface area (Å²) in [6, 6.07) is 118. The van der Waals surface area contributed by atoms with Gasteiger partial charge in [-0.05, 0) is 114 Å². The summed E-state index contributed by atoms with van der Waals surface area (Å²) in [5, 5.41) is 35.9. The van der Waals surface area contributed by atoms with Crippen molar-refractivity contribution in [2.75, 3.05) is 0 Å².